The fraction of sp³-hybridized carbons (Fsp3) is 0.600. The van der Waals surface area contributed by atoms with Gasteiger partial charge in [-0.15, -0.1) is 0 Å². The van der Waals surface area contributed by atoms with E-state index in [4.69, 9.17) is 4.74 Å². The van der Waals surface area contributed by atoms with E-state index in [1.807, 2.05) is 93.7 Å². The highest BCUT2D eigenvalue weighted by Crippen LogP contribution is 2.34. The van der Waals surface area contributed by atoms with E-state index in [-0.39, 0.29) is 30.7 Å². The van der Waals surface area contributed by atoms with Crippen molar-refractivity contribution < 1.29 is 24.2 Å². The topological polar surface area (TPSA) is 124 Å². The fourth-order valence-corrected chi connectivity index (χ4v) is 8.82. The molecule has 2 aromatic carbocycles. The maximum Gasteiger partial charge on any atom is 0.306 e. The van der Waals surface area contributed by atoms with E-state index >= 15 is 0 Å². The number of unbranched alkanes of at least 4 members (excludes halogenated alkanes) is 10. The van der Waals surface area contributed by atoms with Crippen LogP contribution in [0.2, 0.25) is 0 Å². The molecule has 2 aliphatic rings. The Kier molecular flexibility index (Phi) is 19.1. The van der Waals surface area contributed by atoms with E-state index < -0.39 is 35.7 Å². The molecule has 0 radical (unpaired) electrons. The van der Waals surface area contributed by atoms with Crippen LogP contribution in [0.1, 0.15) is 139 Å². The highest BCUT2D eigenvalue weighted by Gasteiger charge is 2.39. The number of β-amino-alcohol motifs (C(OH)–C–C–N with tert-alkyl or cyclic N) is 1. The molecule has 1 aliphatic heterocycles. The van der Waals surface area contributed by atoms with Gasteiger partial charge in [0.1, 0.15) is 12.1 Å². The molecule has 3 N–H and O–H groups in total. The number of piperazine rings is 1. The molecule has 0 saturated carbocycles. The first-order valence-corrected chi connectivity index (χ1v) is 23.0. The van der Waals surface area contributed by atoms with Crippen molar-refractivity contribution in [2.24, 2.45) is 5.92 Å². The molecule has 1 aromatic heterocycles. The van der Waals surface area contributed by atoms with Gasteiger partial charge in [0.15, 0.2) is 0 Å². The zero-order valence-electron chi connectivity index (χ0n) is 37.0. The van der Waals surface area contributed by atoms with Crippen LogP contribution < -0.4 is 10.6 Å². The summed E-state index contributed by atoms with van der Waals surface area (Å²) in [5, 5.41) is 18.2. The minimum Gasteiger partial charge on any atom is -0.459 e. The smallest absolute Gasteiger partial charge is 0.306 e. The highest BCUT2D eigenvalue weighted by atomic mass is 16.5. The second-order valence-corrected chi connectivity index (χ2v) is 18.3. The van der Waals surface area contributed by atoms with Crippen LogP contribution in [-0.4, -0.2) is 87.6 Å². The molecule has 2 heterocycles. The number of nitrogens with one attached hydrogen (secondary N) is 2. The summed E-state index contributed by atoms with van der Waals surface area (Å²) in [4.78, 5) is 50.0. The van der Waals surface area contributed by atoms with Gasteiger partial charge in [0.05, 0.1) is 12.1 Å². The quantitative estimate of drug-likeness (QED) is 0.0612. The van der Waals surface area contributed by atoms with Crippen molar-refractivity contribution in [3.05, 3.63) is 101 Å². The van der Waals surface area contributed by atoms with E-state index in [1.54, 1.807) is 6.20 Å². The Morgan fingerprint density at radius 2 is 1.52 bits per heavy atom. The number of ether oxygens (including phenoxy) is 1. The van der Waals surface area contributed by atoms with Crippen molar-refractivity contribution in [1.82, 2.24) is 25.4 Å². The first-order chi connectivity index (χ1) is 29.0. The second kappa shape index (κ2) is 24.4. The summed E-state index contributed by atoms with van der Waals surface area (Å²) in [5.41, 5.74) is 3.70. The van der Waals surface area contributed by atoms with Crippen molar-refractivity contribution in [2.75, 3.05) is 26.2 Å². The first kappa shape index (κ1) is 46.9. The Hall–Kier alpha value is -4.12. The first-order valence-electron chi connectivity index (χ1n) is 23.0. The number of rotatable bonds is 24. The van der Waals surface area contributed by atoms with Crippen LogP contribution in [0.3, 0.4) is 0 Å². The lowest BCUT2D eigenvalue weighted by Gasteiger charge is -2.42. The van der Waals surface area contributed by atoms with Crippen LogP contribution in [0.4, 0.5) is 0 Å². The normalized spacial score (nSPS) is 19.3. The number of fused-ring (bicyclic) bond motifs is 1. The van der Waals surface area contributed by atoms with Crippen molar-refractivity contribution >= 4 is 17.8 Å². The van der Waals surface area contributed by atoms with Crippen molar-refractivity contribution in [3.8, 4) is 0 Å². The largest absolute Gasteiger partial charge is 0.459 e. The van der Waals surface area contributed by atoms with Crippen molar-refractivity contribution in [1.29, 1.82) is 0 Å². The molecular weight excluding hydrogens is 751 g/mol. The number of pyridine rings is 1. The van der Waals surface area contributed by atoms with Gasteiger partial charge < -0.3 is 20.5 Å². The summed E-state index contributed by atoms with van der Waals surface area (Å²) in [5.74, 6) is -1.04. The highest BCUT2D eigenvalue weighted by molar-refractivity contribution is 5.83. The number of benzene rings is 2. The molecule has 0 bridgehead atoms. The van der Waals surface area contributed by atoms with Gasteiger partial charge in [-0.3, -0.25) is 29.2 Å². The fourth-order valence-electron chi connectivity index (χ4n) is 8.82. The third-order valence-electron chi connectivity index (χ3n) is 12.0. The molecule has 0 spiro atoms. The lowest BCUT2D eigenvalue weighted by atomic mass is 9.91. The lowest BCUT2D eigenvalue weighted by molar-refractivity contribution is -0.151. The molecule has 10 nitrogen and oxygen atoms in total. The Labute approximate surface area is 360 Å². The van der Waals surface area contributed by atoms with Crippen molar-refractivity contribution in [2.45, 2.75) is 160 Å². The maximum absolute atomic E-state index is 14.5. The number of amides is 2. The minimum absolute atomic E-state index is 0.0758. The average Bonchev–Trinajstić information content (AvgIpc) is 3.56. The molecule has 5 atom stereocenters. The SMILES string of the molecule is CCCCCCCCCCCCCC(=O)O[C@@H]1Cc2ccccc2[C@@H]1NC(=O)C(Cc1ccccc1)CC(O)CN1CCN(Cc2cccnc2)C[C@H]1C(=O)NC(C)(C)C. The molecule has 1 fully saturated rings. The van der Waals surface area contributed by atoms with Gasteiger partial charge in [-0.05, 0) is 68.4 Å². The lowest BCUT2D eigenvalue weighted by Crippen LogP contribution is -2.61. The number of esters is 1. The number of carbonyl (C=O) groups excluding carboxylic acids is 3. The number of aliphatic hydroxyl groups excluding tert-OH is 1. The van der Waals surface area contributed by atoms with Gasteiger partial charge in [0.25, 0.3) is 0 Å². The number of nitrogens with zero attached hydrogens (tertiary/aromatic N) is 3. The Bertz CT molecular complexity index is 1730. The van der Waals surface area contributed by atoms with Gasteiger partial charge in [0.2, 0.25) is 11.8 Å². The molecule has 328 valence electrons. The van der Waals surface area contributed by atoms with E-state index in [9.17, 15) is 19.5 Å². The van der Waals surface area contributed by atoms with Gasteiger partial charge >= 0.3 is 5.97 Å². The molecule has 60 heavy (non-hydrogen) atoms. The molecule has 2 amide bonds. The zero-order valence-corrected chi connectivity index (χ0v) is 37.0. The monoisotopic (exact) mass is 824 g/mol. The maximum atomic E-state index is 14.5. The molecule has 10 heteroatoms. The number of hydrogen-bond donors (Lipinski definition) is 3. The van der Waals surface area contributed by atoms with Gasteiger partial charge in [-0.25, -0.2) is 0 Å². The molecule has 1 saturated heterocycles. The summed E-state index contributed by atoms with van der Waals surface area (Å²) in [6.45, 7) is 11.0. The van der Waals surface area contributed by atoms with Crippen molar-refractivity contribution in [3.63, 3.8) is 0 Å². The van der Waals surface area contributed by atoms with Crippen LogP contribution in [0, 0.1) is 5.92 Å². The van der Waals surface area contributed by atoms with Crippen LogP contribution in [0.5, 0.6) is 0 Å². The zero-order chi connectivity index (χ0) is 42.7. The molecule has 5 rings (SSSR count). The van der Waals surface area contributed by atoms with Crippen LogP contribution in [0.25, 0.3) is 0 Å². The average molecular weight is 824 g/mol. The number of hydrogen-bond acceptors (Lipinski definition) is 8. The second-order valence-electron chi connectivity index (χ2n) is 18.3. The number of aliphatic hydroxyl groups is 1. The standard InChI is InChI=1S/C50H73N5O5/c1-5-6-7-8-9-10-11-12-13-14-18-27-46(57)60-45-33-40-25-19-20-26-43(40)47(45)52-48(58)41(31-38-22-16-15-17-23-38)32-42(56)36-55-30-29-54(35-39-24-21-28-51-34-39)37-44(55)49(59)53-50(2,3)4/h15-17,19-26,28,34,41-42,44-45,47,56H,5-14,18,27,29-33,35-37H2,1-4H3,(H,52,58)(H,53,59)/t41?,42?,44-,45+,47-/m0/s1. The Morgan fingerprint density at radius 3 is 2.20 bits per heavy atom. The number of aromatic nitrogens is 1. The molecule has 3 aromatic rings. The molecule has 1 aliphatic carbocycles. The summed E-state index contributed by atoms with van der Waals surface area (Å²) in [6, 6.07) is 20.9. The predicted octanol–water partition coefficient (Wildman–Crippen LogP) is 8.12. The summed E-state index contributed by atoms with van der Waals surface area (Å²) in [6.07, 6.45) is 17.2. The van der Waals surface area contributed by atoms with E-state index in [2.05, 4.69) is 32.3 Å². The third-order valence-corrected chi connectivity index (χ3v) is 12.0. The number of carbonyl (C=O) groups is 3. The molecule has 2 unspecified atom stereocenters. The van der Waals surface area contributed by atoms with Crippen LogP contribution in [-0.2, 0) is 38.5 Å². The predicted molar refractivity (Wildman–Crippen MR) is 239 cm³/mol. The van der Waals surface area contributed by atoms with Gasteiger partial charge in [-0.2, -0.15) is 0 Å². The summed E-state index contributed by atoms with van der Waals surface area (Å²) < 4.78 is 6.14. The Morgan fingerprint density at radius 1 is 0.850 bits per heavy atom. The van der Waals surface area contributed by atoms with E-state index in [0.29, 0.717) is 38.9 Å². The van der Waals surface area contributed by atoms with E-state index in [0.717, 1.165) is 48.1 Å². The van der Waals surface area contributed by atoms with Crippen LogP contribution in [0.15, 0.2) is 79.1 Å². The van der Waals surface area contributed by atoms with Gasteiger partial charge in [0, 0.05) is 69.4 Å². The van der Waals surface area contributed by atoms with Gasteiger partial charge in [-0.1, -0.05) is 132 Å². The third kappa shape index (κ3) is 15.7. The summed E-state index contributed by atoms with van der Waals surface area (Å²) in [7, 11) is 0. The summed E-state index contributed by atoms with van der Waals surface area (Å²) >= 11 is 0. The Balaban J connectivity index is 1.20. The molecular formula is C50H73N5O5. The van der Waals surface area contributed by atoms with E-state index in [1.165, 1.54) is 51.4 Å². The minimum atomic E-state index is -0.866. The van der Waals surface area contributed by atoms with Crippen LogP contribution >= 0.6 is 0 Å².